The maximum absolute atomic E-state index is 12.8. The lowest BCUT2D eigenvalue weighted by molar-refractivity contribution is -0.134. The van der Waals surface area contributed by atoms with E-state index in [1.807, 2.05) is 26.0 Å². The van der Waals surface area contributed by atoms with Crippen LogP contribution in [0.3, 0.4) is 0 Å². The highest BCUT2D eigenvalue weighted by atomic mass is 32.1. The van der Waals surface area contributed by atoms with Crippen molar-refractivity contribution in [3.05, 3.63) is 44.8 Å². The zero-order valence-corrected chi connectivity index (χ0v) is 17.6. The highest BCUT2D eigenvalue weighted by Gasteiger charge is 2.38. The SMILES string of the molecule is CC(Cc1cccs1)NC(=O)C1CCCC1C(=O)NC(C)Cc1cccs1. The van der Waals surface area contributed by atoms with Crippen LogP contribution in [0.2, 0.25) is 0 Å². The number of rotatable bonds is 8. The molecule has 4 atom stereocenters. The molecular weight excluding hydrogens is 376 g/mol. The van der Waals surface area contributed by atoms with Gasteiger partial charge >= 0.3 is 0 Å². The summed E-state index contributed by atoms with van der Waals surface area (Å²) >= 11 is 3.42. The van der Waals surface area contributed by atoms with Gasteiger partial charge in [0.05, 0.1) is 0 Å². The molecule has 0 saturated heterocycles. The molecule has 1 aliphatic carbocycles. The van der Waals surface area contributed by atoms with Gasteiger partial charge in [-0.25, -0.2) is 0 Å². The van der Waals surface area contributed by atoms with Gasteiger partial charge in [-0.2, -0.15) is 0 Å². The first-order valence-corrected chi connectivity index (χ1v) is 11.4. The van der Waals surface area contributed by atoms with Gasteiger partial charge in [-0.3, -0.25) is 9.59 Å². The summed E-state index contributed by atoms with van der Waals surface area (Å²) in [5.41, 5.74) is 0. The molecule has 27 heavy (non-hydrogen) atoms. The van der Waals surface area contributed by atoms with Crippen LogP contribution in [0.4, 0.5) is 0 Å². The minimum Gasteiger partial charge on any atom is -0.353 e. The Labute approximate surface area is 169 Å². The van der Waals surface area contributed by atoms with Crippen molar-refractivity contribution >= 4 is 34.5 Å². The largest absolute Gasteiger partial charge is 0.353 e. The summed E-state index contributed by atoms with van der Waals surface area (Å²) in [5, 5.41) is 10.4. The summed E-state index contributed by atoms with van der Waals surface area (Å²) < 4.78 is 0. The number of nitrogens with one attached hydrogen (secondary N) is 2. The zero-order chi connectivity index (χ0) is 19.2. The summed E-state index contributed by atoms with van der Waals surface area (Å²) in [6.45, 7) is 4.06. The van der Waals surface area contributed by atoms with Crippen molar-refractivity contribution in [3.8, 4) is 0 Å². The third kappa shape index (κ3) is 5.66. The molecule has 0 aromatic carbocycles. The lowest BCUT2D eigenvalue weighted by Gasteiger charge is -2.23. The van der Waals surface area contributed by atoms with Crippen molar-refractivity contribution in [1.82, 2.24) is 10.6 Å². The zero-order valence-electron chi connectivity index (χ0n) is 15.9. The number of carbonyl (C=O) groups is 2. The van der Waals surface area contributed by atoms with Gasteiger partial charge in [0.1, 0.15) is 0 Å². The van der Waals surface area contributed by atoms with Gasteiger partial charge in [0, 0.05) is 46.5 Å². The Hall–Kier alpha value is -1.66. The fourth-order valence-electron chi connectivity index (χ4n) is 3.85. The summed E-state index contributed by atoms with van der Waals surface area (Å²) in [4.78, 5) is 28.0. The normalized spacial score (nSPS) is 21.6. The first kappa shape index (κ1) is 20.1. The van der Waals surface area contributed by atoms with E-state index in [1.165, 1.54) is 9.75 Å². The minimum absolute atomic E-state index is 0.0302. The van der Waals surface area contributed by atoms with Gasteiger partial charge in [-0.15, -0.1) is 22.7 Å². The van der Waals surface area contributed by atoms with Crippen molar-refractivity contribution in [1.29, 1.82) is 0 Å². The van der Waals surface area contributed by atoms with Gasteiger partial charge in [0.15, 0.2) is 0 Å². The van der Waals surface area contributed by atoms with E-state index >= 15 is 0 Å². The van der Waals surface area contributed by atoms with Crippen LogP contribution in [0.1, 0.15) is 42.9 Å². The average molecular weight is 405 g/mol. The Kier molecular flexibility index (Phi) is 7.07. The molecule has 2 heterocycles. The fraction of sp³-hybridized carbons (Fsp3) is 0.524. The van der Waals surface area contributed by atoms with Crippen LogP contribution in [0.15, 0.2) is 35.0 Å². The number of carbonyl (C=O) groups excluding carboxylic acids is 2. The van der Waals surface area contributed by atoms with Crippen LogP contribution >= 0.6 is 22.7 Å². The first-order valence-electron chi connectivity index (χ1n) is 9.68. The predicted molar refractivity (Wildman–Crippen MR) is 112 cm³/mol. The van der Waals surface area contributed by atoms with E-state index in [9.17, 15) is 9.59 Å². The molecule has 0 spiro atoms. The standard InChI is InChI=1S/C21H28N2O2S2/c1-14(12-16-6-4-10-26-16)22-20(24)18-8-3-9-19(18)21(25)23-15(2)13-17-7-5-11-27-17/h4-7,10-11,14-15,18-19H,3,8-9,12-13H2,1-2H3,(H,22,24)(H,23,25). The highest BCUT2D eigenvalue weighted by molar-refractivity contribution is 7.10. The van der Waals surface area contributed by atoms with Gasteiger partial charge < -0.3 is 10.6 Å². The molecule has 1 fully saturated rings. The topological polar surface area (TPSA) is 58.2 Å². The molecule has 2 N–H and O–H groups in total. The van der Waals surface area contributed by atoms with E-state index in [0.29, 0.717) is 0 Å². The molecule has 6 heteroatoms. The van der Waals surface area contributed by atoms with Gasteiger partial charge in [0.2, 0.25) is 11.8 Å². The Morgan fingerprint density at radius 2 is 1.37 bits per heavy atom. The van der Waals surface area contributed by atoms with E-state index in [2.05, 4.69) is 33.5 Å². The summed E-state index contributed by atoms with van der Waals surface area (Å²) in [5.74, 6) is -0.348. The van der Waals surface area contributed by atoms with Crippen LogP contribution < -0.4 is 10.6 Å². The van der Waals surface area contributed by atoms with Crippen LogP contribution in [0.25, 0.3) is 0 Å². The van der Waals surface area contributed by atoms with E-state index in [-0.39, 0.29) is 35.7 Å². The Bertz CT molecular complexity index is 665. The van der Waals surface area contributed by atoms with Crippen LogP contribution in [0, 0.1) is 11.8 Å². The van der Waals surface area contributed by atoms with E-state index < -0.39 is 0 Å². The minimum atomic E-state index is -0.204. The first-order chi connectivity index (χ1) is 13.0. The molecule has 1 saturated carbocycles. The van der Waals surface area contributed by atoms with E-state index in [0.717, 1.165) is 32.1 Å². The van der Waals surface area contributed by atoms with Crippen LogP contribution in [-0.2, 0) is 22.4 Å². The smallest absolute Gasteiger partial charge is 0.224 e. The second kappa shape index (κ2) is 9.51. The molecule has 4 unspecified atom stereocenters. The van der Waals surface area contributed by atoms with Crippen molar-refractivity contribution in [2.75, 3.05) is 0 Å². The highest BCUT2D eigenvalue weighted by Crippen LogP contribution is 2.32. The van der Waals surface area contributed by atoms with E-state index in [1.54, 1.807) is 22.7 Å². The lowest BCUT2D eigenvalue weighted by atomic mass is 9.93. The molecule has 0 bridgehead atoms. The monoisotopic (exact) mass is 404 g/mol. The molecule has 146 valence electrons. The number of hydrogen-bond donors (Lipinski definition) is 2. The third-order valence-electron chi connectivity index (χ3n) is 5.14. The molecule has 0 aliphatic heterocycles. The Morgan fingerprint density at radius 1 is 0.926 bits per heavy atom. The second-order valence-corrected chi connectivity index (χ2v) is 9.59. The summed E-state index contributed by atoms with van der Waals surface area (Å²) in [7, 11) is 0. The molecular formula is C21H28N2O2S2. The van der Waals surface area contributed by atoms with Crippen LogP contribution in [-0.4, -0.2) is 23.9 Å². The van der Waals surface area contributed by atoms with Crippen LogP contribution in [0.5, 0.6) is 0 Å². The summed E-state index contributed by atoms with van der Waals surface area (Å²) in [6, 6.07) is 8.41. The maximum Gasteiger partial charge on any atom is 0.224 e. The molecule has 2 aromatic heterocycles. The fourth-order valence-corrected chi connectivity index (χ4v) is 5.52. The number of thiophene rings is 2. The molecule has 1 aliphatic rings. The van der Waals surface area contributed by atoms with E-state index in [4.69, 9.17) is 0 Å². The molecule has 0 radical (unpaired) electrons. The lowest BCUT2D eigenvalue weighted by Crippen LogP contribution is -2.45. The third-order valence-corrected chi connectivity index (χ3v) is 6.94. The molecule has 4 nitrogen and oxygen atoms in total. The van der Waals surface area contributed by atoms with Crippen molar-refractivity contribution in [3.63, 3.8) is 0 Å². The molecule has 2 amide bonds. The quantitative estimate of drug-likeness (QED) is 0.698. The van der Waals surface area contributed by atoms with Gasteiger partial charge in [-0.05, 0) is 49.6 Å². The van der Waals surface area contributed by atoms with Gasteiger partial charge in [0.25, 0.3) is 0 Å². The Morgan fingerprint density at radius 3 is 1.74 bits per heavy atom. The molecule has 3 rings (SSSR count). The maximum atomic E-state index is 12.8. The molecule has 2 aromatic rings. The Balaban J connectivity index is 1.50. The number of amides is 2. The van der Waals surface area contributed by atoms with Crippen molar-refractivity contribution < 1.29 is 9.59 Å². The second-order valence-electron chi connectivity index (χ2n) is 7.53. The predicted octanol–water partition coefficient (Wildman–Crippen LogP) is 4.02. The van der Waals surface area contributed by atoms with Crippen molar-refractivity contribution in [2.24, 2.45) is 11.8 Å². The average Bonchev–Trinajstić information content (AvgIpc) is 3.36. The van der Waals surface area contributed by atoms with Crippen molar-refractivity contribution in [2.45, 2.75) is 58.0 Å². The summed E-state index contributed by atoms with van der Waals surface area (Å²) in [6.07, 6.45) is 4.22. The number of hydrogen-bond acceptors (Lipinski definition) is 4. The van der Waals surface area contributed by atoms with Gasteiger partial charge in [-0.1, -0.05) is 18.6 Å².